The molecule has 0 spiro atoms. The van der Waals surface area contributed by atoms with E-state index >= 15 is 0 Å². The third-order valence-electron chi connectivity index (χ3n) is 2.35. The van der Waals surface area contributed by atoms with Crippen molar-refractivity contribution in [2.75, 3.05) is 0 Å². The zero-order chi connectivity index (χ0) is 14.2. The van der Waals surface area contributed by atoms with Gasteiger partial charge in [-0.3, -0.25) is 0 Å². The van der Waals surface area contributed by atoms with Gasteiger partial charge >= 0.3 is 0 Å². The Balaban J connectivity index is 2.49. The highest BCUT2D eigenvalue weighted by atomic mass is 79.9. The fourth-order valence-electron chi connectivity index (χ4n) is 1.55. The van der Waals surface area contributed by atoms with E-state index in [0.717, 1.165) is 25.9 Å². The van der Waals surface area contributed by atoms with Crippen LogP contribution in [0.15, 0.2) is 15.0 Å². The van der Waals surface area contributed by atoms with Gasteiger partial charge < -0.3 is 0 Å². The maximum atomic E-state index is 6.16. The first-order valence-corrected chi connectivity index (χ1v) is 8.71. The van der Waals surface area contributed by atoms with Crippen molar-refractivity contribution in [3.63, 3.8) is 0 Å². The second-order valence-electron chi connectivity index (χ2n) is 4.43. The van der Waals surface area contributed by atoms with E-state index < -0.39 is 0 Å². The summed E-state index contributed by atoms with van der Waals surface area (Å²) in [5, 5.41) is 0.432. The lowest BCUT2D eigenvalue weighted by atomic mass is 10.1. The third-order valence-corrected chi connectivity index (χ3v) is 6.15. The maximum absolute atomic E-state index is 6.16. The van der Waals surface area contributed by atoms with Crippen molar-refractivity contribution in [3.05, 3.63) is 30.2 Å². The highest BCUT2D eigenvalue weighted by Crippen LogP contribution is 2.38. The molecule has 0 saturated heterocycles. The minimum absolute atomic E-state index is 0.432. The number of rotatable bonds is 3. The van der Waals surface area contributed by atoms with E-state index in [0.29, 0.717) is 21.2 Å². The van der Waals surface area contributed by atoms with Crippen LogP contribution in [0.2, 0.25) is 9.49 Å². The summed E-state index contributed by atoms with van der Waals surface area (Å²) in [6.07, 6.45) is 0.843. The van der Waals surface area contributed by atoms with Crippen molar-refractivity contribution in [2.24, 2.45) is 5.92 Å². The van der Waals surface area contributed by atoms with Crippen molar-refractivity contribution >= 4 is 66.4 Å². The topological polar surface area (TPSA) is 25.8 Å². The van der Waals surface area contributed by atoms with E-state index in [4.69, 9.17) is 23.2 Å². The summed E-state index contributed by atoms with van der Waals surface area (Å²) >= 11 is 20.5. The second-order valence-corrected chi connectivity index (χ2v) is 8.09. The number of nitrogens with zero attached hydrogens (tertiary/aromatic N) is 2. The van der Waals surface area contributed by atoms with Gasteiger partial charge in [-0.2, -0.15) is 0 Å². The predicted molar refractivity (Wildman–Crippen MR) is 89.3 cm³/mol. The molecular formula is C12H10Br2Cl2N2S. The van der Waals surface area contributed by atoms with E-state index in [2.05, 4.69) is 55.7 Å². The molecule has 0 fully saturated rings. The molecule has 0 unspecified atom stereocenters. The highest BCUT2D eigenvalue weighted by Gasteiger charge is 2.15. The Morgan fingerprint density at radius 2 is 1.95 bits per heavy atom. The van der Waals surface area contributed by atoms with E-state index in [-0.39, 0.29) is 0 Å². The largest absolute Gasteiger partial charge is 0.231 e. The van der Waals surface area contributed by atoms with Crippen LogP contribution in [0.25, 0.3) is 10.7 Å². The minimum Gasteiger partial charge on any atom is -0.231 e. The maximum Gasteiger partial charge on any atom is 0.171 e. The molecule has 0 amide bonds. The quantitative estimate of drug-likeness (QED) is 0.524. The molecule has 2 aromatic heterocycles. The first-order chi connectivity index (χ1) is 8.88. The van der Waals surface area contributed by atoms with Crippen LogP contribution in [-0.4, -0.2) is 9.97 Å². The summed E-state index contributed by atoms with van der Waals surface area (Å²) in [6.45, 7) is 4.28. The van der Waals surface area contributed by atoms with Crippen LogP contribution in [0.3, 0.4) is 0 Å². The van der Waals surface area contributed by atoms with Gasteiger partial charge in [0, 0.05) is 4.47 Å². The summed E-state index contributed by atoms with van der Waals surface area (Å²) < 4.78 is 2.30. The zero-order valence-electron chi connectivity index (χ0n) is 10.2. The van der Waals surface area contributed by atoms with Crippen molar-refractivity contribution in [1.82, 2.24) is 9.97 Å². The van der Waals surface area contributed by atoms with Crippen LogP contribution in [0.1, 0.15) is 19.5 Å². The molecule has 0 N–H and O–H groups in total. The summed E-state index contributed by atoms with van der Waals surface area (Å²) in [6, 6.07) is 1.91. The van der Waals surface area contributed by atoms with Gasteiger partial charge in [0.15, 0.2) is 5.82 Å². The van der Waals surface area contributed by atoms with E-state index in [1.807, 2.05) is 6.07 Å². The Morgan fingerprint density at radius 3 is 2.47 bits per heavy atom. The molecule has 0 aliphatic rings. The molecular weight excluding hydrogens is 435 g/mol. The number of hydrogen-bond donors (Lipinski definition) is 0. The lowest BCUT2D eigenvalue weighted by Gasteiger charge is -2.09. The van der Waals surface area contributed by atoms with Crippen molar-refractivity contribution in [1.29, 1.82) is 0 Å². The van der Waals surface area contributed by atoms with E-state index in [9.17, 15) is 0 Å². The average molecular weight is 445 g/mol. The molecule has 2 heterocycles. The molecule has 0 bridgehead atoms. The lowest BCUT2D eigenvalue weighted by Crippen LogP contribution is -2.02. The first-order valence-electron chi connectivity index (χ1n) is 5.55. The fraction of sp³-hybridized carbons (Fsp3) is 0.333. The Bertz CT molecular complexity index is 595. The Kier molecular flexibility index (Phi) is 5.28. The predicted octanol–water partition coefficient (Wildman–Crippen LogP) is 6.24. The van der Waals surface area contributed by atoms with Crippen molar-refractivity contribution in [3.8, 4) is 10.7 Å². The summed E-state index contributed by atoms with van der Waals surface area (Å²) in [7, 11) is 0. The van der Waals surface area contributed by atoms with Gasteiger partial charge in [0.2, 0.25) is 0 Å². The Hall–Kier alpha value is 0.320. The normalized spacial score (nSPS) is 11.3. The summed E-state index contributed by atoms with van der Waals surface area (Å²) in [4.78, 5) is 9.79. The fourth-order valence-corrected chi connectivity index (χ4v) is 3.72. The number of thiophene rings is 1. The molecule has 102 valence electrons. The van der Waals surface area contributed by atoms with E-state index in [1.54, 1.807) is 0 Å². The molecule has 0 radical (unpaired) electrons. The molecule has 0 atom stereocenters. The average Bonchev–Trinajstić information content (AvgIpc) is 2.65. The standard InChI is InChI=1S/C12H10Br2Cl2N2S/c1-5(2)3-7-9(14)10(15)18-12(17-7)8-4-6(13)11(16)19-8/h4-5H,3H2,1-2H3. The van der Waals surface area contributed by atoms with Crippen LogP contribution in [0, 0.1) is 5.92 Å². The number of aromatic nitrogens is 2. The zero-order valence-corrected chi connectivity index (χ0v) is 15.7. The lowest BCUT2D eigenvalue weighted by molar-refractivity contribution is 0.632. The molecule has 0 aliphatic carbocycles. The smallest absolute Gasteiger partial charge is 0.171 e. The van der Waals surface area contributed by atoms with Crippen LogP contribution >= 0.6 is 66.4 Å². The molecule has 7 heteroatoms. The molecule has 19 heavy (non-hydrogen) atoms. The highest BCUT2D eigenvalue weighted by molar-refractivity contribution is 9.11. The Labute approximate surface area is 142 Å². The molecule has 2 rings (SSSR count). The summed E-state index contributed by atoms with van der Waals surface area (Å²) in [5.41, 5.74) is 0.922. The molecule has 0 saturated carbocycles. The van der Waals surface area contributed by atoms with Gasteiger partial charge in [-0.15, -0.1) is 11.3 Å². The van der Waals surface area contributed by atoms with Gasteiger partial charge in [-0.25, -0.2) is 9.97 Å². The van der Waals surface area contributed by atoms with Gasteiger partial charge in [-0.1, -0.05) is 37.0 Å². The van der Waals surface area contributed by atoms with Gasteiger partial charge in [0.25, 0.3) is 0 Å². The SMILES string of the molecule is CC(C)Cc1nc(-c2cc(Br)c(Cl)s2)nc(Cl)c1Br. The number of hydrogen-bond acceptors (Lipinski definition) is 3. The minimum atomic E-state index is 0.432. The second kappa shape index (κ2) is 6.39. The van der Waals surface area contributed by atoms with Crippen LogP contribution in [0.4, 0.5) is 0 Å². The van der Waals surface area contributed by atoms with Gasteiger partial charge in [0.1, 0.15) is 9.49 Å². The molecule has 2 aromatic rings. The first kappa shape index (κ1) is 15.7. The monoisotopic (exact) mass is 442 g/mol. The van der Waals surface area contributed by atoms with Crippen LogP contribution in [0.5, 0.6) is 0 Å². The van der Waals surface area contributed by atoms with E-state index in [1.165, 1.54) is 11.3 Å². The molecule has 2 nitrogen and oxygen atoms in total. The van der Waals surface area contributed by atoms with Crippen LogP contribution in [-0.2, 0) is 6.42 Å². The van der Waals surface area contributed by atoms with Gasteiger partial charge in [0.05, 0.1) is 15.0 Å². The molecule has 0 aromatic carbocycles. The van der Waals surface area contributed by atoms with Crippen molar-refractivity contribution < 1.29 is 0 Å². The van der Waals surface area contributed by atoms with Crippen LogP contribution < -0.4 is 0 Å². The third kappa shape index (κ3) is 3.70. The summed E-state index contributed by atoms with van der Waals surface area (Å²) in [5.74, 6) is 1.11. The Morgan fingerprint density at radius 1 is 1.26 bits per heavy atom. The number of halogens is 4. The van der Waals surface area contributed by atoms with Gasteiger partial charge in [-0.05, 0) is 50.3 Å². The van der Waals surface area contributed by atoms with Crippen molar-refractivity contribution in [2.45, 2.75) is 20.3 Å². The molecule has 0 aliphatic heterocycles.